The number of rotatable bonds is 4. The van der Waals surface area contributed by atoms with Crippen LogP contribution < -0.4 is 4.90 Å². The fourth-order valence-electron chi connectivity index (χ4n) is 3.69. The van der Waals surface area contributed by atoms with Crippen LogP contribution in [0.3, 0.4) is 0 Å². The van der Waals surface area contributed by atoms with E-state index in [-0.39, 0.29) is 11.9 Å². The molecule has 148 valence electrons. The van der Waals surface area contributed by atoms with Gasteiger partial charge in [-0.3, -0.25) is 0 Å². The van der Waals surface area contributed by atoms with Gasteiger partial charge in [-0.25, -0.2) is 14.8 Å². The molecule has 0 bridgehead atoms. The minimum atomic E-state index is -0.301. The highest BCUT2D eigenvalue weighted by Gasteiger charge is 2.29. The van der Waals surface area contributed by atoms with Crippen molar-refractivity contribution in [3.63, 3.8) is 0 Å². The first-order valence-corrected chi connectivity index (χ1v) is 10.3. The van der Waals surface area contributed by atoms with Crippen LogP contribution in [0.25, 0.3) is 10.2 Å². The van der Waals surface area contributed by atoms with E-state index in [0.717, 1.165) is 47.5 Å². The van der Waals surface area contributed by atoms with Crippen molar-refractivity contribution in [3.05, 3.63) is 28.0 Å². The number of esters is 1. The van der Waals surface area contributed by atoms with Gasteiger partial charge in [0.25, 0.3) is 0 Å². The second-order valence-electron chi connectivity index (χ2n) is 7.02. The van der Waals surface area contributed by atoms with Crippen molar-refractivity contribution >= 4 is 33.3 Å². The van der Waals surface area contributed by atoms with Gasteiger partial charge in [-0.1, -0.05) is 5.16 Å². The van der Waals surface area contributed by atoms with E-state index in [9.17, 15) is 4.79 Å². The second kappa shape index (κ2) is 7.46. The van der Waals surface area contributed by atoms with Crippen molar-refractivity contribution in [1.82, 2.24) is 20.1 Å². The summed E-state index contributed by atoms with van der Waals surface area (Å²) in [6, 6.07) is 0. The van der Waals surface area contributed by atoms with Gasteiger partial charge < -0.3 is 14.2 Å². The van der Waals surface area contributed by atoms with Crippen molar-refractivity contribution in [2.24, 2.45) is 0 Å². The van der Waals surface area contributed by atoms with Crippen LogP contribution in [0, 0.1) is 20.8 Å². The Balaban J connectivity index is 1.74. The lowest BCUT2D eigenvalue weighted by molar-refractivity contribution is 0.0531. The molecule has 0 spiro atoms. The maximum absolute atomic E-state index is 12.3. The molecule has 1 aliphatic heterocycles. The van der Waals surface area contributed by atoms with Gasteiger partial charge in [0.2, 0.25) is 5.89 Å². The highest BCUT2D eigenvalue weighted by molar-refractivity contribution is 7.20. The monoisotopic (exact) mass is 401 g/mol. The first-order chi connectivity index (χ1) is 13.5. The predicted molar refractivity (Wildman–Crippen MR) is 106 cm³/mol. The molecule has 1 unspecified atom stereocenters. The Hall–Kier alpha value is -2.55. The molecule has 9 heteroatoms. The fourth-order valence-corrected chi connectivity index (χ4v) is 4.81. The molecule has 0 aliphatic carbocycles. The van der Waals surface area contributed by atoms with Crippen LogP contribution in [0.4, 0.5) is 5.82 Å². The number of carbonyl (C=O) groups is 1. The lowest BCUT2D eigenvalue weighted by Crippen LogP contribution is -2.35. The van der Waals surface area contributed by atoms with Crippen LogP contribution in [0.1, 0.15) is 58.5 Å². The number of fused-ring (bicyclic) bond motifs is 1. The van der Waals surface area contributed by atoms with E-state index in [1.165, 1.54) is 11.3 Å². The highest BCUT2D eigenvalue weighted by atomic mass is 32.1. The molecule has 0 N–H and O–H groups in total. The number of aryl methyl sites for hydroxylation is 3. The Labute approximate surface area is 166 Å². The van der Waals surface area contributed by atoms with Gasteiger partial charge >= 0.3 is 5.97 Å². The summed E-state index contributed by atoms with van der Waals surface area (Å²) >= 11 is 1.37. The molecule has 4 rings (SSSR count). The van der Waals surface area contributed by atoms with Crippen molar-refractivity contribution < 1.29 is 14.1 Å². The van der Waals surface area contributed by atoms with E-state index in [1.807, 2.05) is 27.7 Å². The minimum Gasteiger partial charge on any atom is -0.462 e. The van der Waals surface area contributed by atoms with Crippen molar-refractivity contribution in [2.45, 2.75) is 46.5 Å². The number of ether oxygens (including phenoxy) is 1. The molecule has 3 aromatic rings. The molecule has 8 nitrogen and oxygen atoms in total. The van der Waals surface area contributed by atoms with Crippen molar-refractivity contribution in [2.75, 3.05) is 24.6 Å². The molecule has 1 saturated heterocycles. The lowest BCUT2D eigenvalue weighted by Gasteiger charge is -2.32. The Morgan fingerprint density at radius 1 is 1.25 bits per heavy atom. The van der Waals surface area contributed by atoms with E-state index >= 15 is 0 Å². The summed E-state index contributed by atoms with van der Waals surface area (Å²) in [5, 5.41) is 4.86. The smallest absolute Gasteiger partial charge is 0.348 e. The van der Waals surface area contributed by atoms with E-state index in [4.69, 9.17) is 14.2 Å². The molecule has 0 radical (unpaired) electrons. The van der Waals surface area contributed by atoms with E-state index in [2.05, 4.69) is 20.0 Å². The molecule has 1 atom stereocenters. The minimum absolute atomic E-state index is 0.170. The third-order valence-electron chi connectivity index (χ3n) is 4.96. The summed E-state index contributed by atoms with van der Waals surface area (Å²) in [4.78, 5) is 29.7. The number of thiophene rings is 1. The molecule has 0 aromatic carbocycles. The van der Waals surface area contributed by atoms with Gasteiger partial charge in [-0.2, -0.15) is 4.98 Å². The molecule has 28 heavy (non-hydrogen) atoms. The number of hydrogen-bond donors (Lipinski definition) is 0. The Morgan fingerprint density at radius 2 is 2.07 bits per heavy atom. The molecular weight excluding hydrogens is 378 g/mol. The molecule has 0 saturated carbocycles. The average molecular weight is 401 g/mol. The molecule has 3 aromatic heterocycles. The van der Waals surface area contributed by atoms with Crippen LogP contribution in [0.5, 0.6) is 0 Å². The topological polar surface area (TPSA) is 94.2 Å². The fraction of sp³-hybridized carbons (Fsp3) is 0.526. The van der Waals surface area contributed by atoms with Crippen LogP contribution in [0.2, 0.25) is 0 Å². The van der Waals surface area contributed by atoms with Crippen LogP contribution in [-0.2, 0) is 4.74 Å². The number of piperidine rings is 1. The standard InChI is InChI=1S/C19H23N5O3S/c1-5-26-19(25)15-10(2)14-16(20-11(3)22-18(14)28-15)24-8-6-7-13(9-24)17-21-12(4)23-27-17/h13H,5-9H2,1-4H3. The van der Waals surface area contributed by atoms with Gasteiger partial charge in [0.05, 0.1) is 17.9 Å². The quantitative estimate of drug-likeness (QED) is 0.613. The Kier molecular flexibility index (Phi) is 5.01. The Morgan fingerprint density at radius 3 is 2.79 bits per heavy atom. The highest BCUT2D eigenvalue weighted by Crippen LogP contribution is 2.38. The second-order valence-corrected chi connectivity index (χ2v) is 8.02. The number of carbonyl (C=O) groups excluding carboxylic acids is 1. The predicted octanol–water partition coefficient (Wildman–Crippen LogP) is 3.56. The number of aromatic nitrogens is 4. The van der Waals surface area contributed by atoms with Gasteiger partial charge in [0.1, 0.15) is 21.3 Å². The molecule has 0 amide bonds. The zero-order valence-electron chi connectivity index (χ0n) is 16.5. The zero-order chi connectivity index (χ0) is 19.8. The van der Waals surface area contributed by atoms with Crippen molar-refractivity contribution in [3.8, 4) is 0 Å². The van der Waals surface area contributed by atoms with Gasteiger partial charge in [0.15, 0.2) is 5.82 Å². The Bertz CT molecular complexity index is 1030. The van der Waals surface area contributed by atoms with Crippen molar-refractivity contribution in [1.29, 1.82) is 0 Å². The molecular formula is C19H23N5O3S. The summed E-state index contributed by atoms with van der Waals surface area (Å²) in [7, 11) is 0. The SMILES string of the molecule is CCOC(=O)c1sc2nc(C)nc(N3CCCC(c4nc(C)no4)C3)c2c1C. The maximum Gasteiger partial charge on any atom is 0.348 e. The normalized spacial score (nSPS) is 17.3. The first-order valence-electron chi connectivity index (χ1n) is 9.48. The summed E-state index contributed by atoms with van der Waals surface area (Å²) in [5.41, 5.74) is 0.879. The lowest BCUT2D eigenvalue weighted by atomic mass is 9.97. The van der Waals surface area contributed by atoms with Gasteiger partial charge in [-0.05, 0) is 46.1 Å². The zero-order valence-corrected chi connectivity index (χ0v) is 17.3. The summed E-state index contributed by atoms with van der Waals surface area (Å²) in [5.74, 6) is 2.76. The van der Waals surface area contributed by atoms with E-state index in [1.54, 1.807) is 0 Å². The molecule has 1 fully saturated rings. The van der Waals surface area contributed by atoms with Crippen LogP contribution >= 0.6 is 11.3 Å². The number of hydrogen-bond acceptors (Lipinski definition) is 9. The number of anilines is 1. The van der Waals surface area contributed by atoms with Crippen LogP contribution in [-0.4, -0.2) is 45.8 Å². The molecule has 1 aliphatic rings. The molecule has 4 heterocycles. The third kappa shape index (κ3) is 3.34. The number of nitrogens with zero attached hydrogens (tertiary/aromatic N) is 5. The summed E-state index contributed by atoms with van der Waals surface area (Å²) in [6.07, 6.45) is 2.01. The first kappa shape index (κ1) is 18.8. The third-order valence-corrected chi connectivity index (χ3v) is 6.12. The maximum atomic E-state index is 12.3. The van der Waals surface area contributed by atoms with Crippen LogP contribution in [0.15, 0.2) is 4.52 Å². The van der Waals surface area contributed by atoms with Gasteiger partial charge in [0, 0.05) is 13.1 Å². The van der Waals surface area contributed by atoms with E-state index < -0.39 is 0 Å². The van der Waals surface area contributed by atoms with E-state index in [0.29, 0.717) is 29.0 Å². The average Bonchev–Trinajstić information content (AvgIpc) is 3.25. The summed E-state index contributed by atoms with van der Waals surface area (Å²) < 4.78 is 10.6. The summed E-state index contributed by atoms with van der Waals surface area (Å²) in [6.45, 7) is 9.44. The largest absolute Gasteiger partial charge is 0.462 e. The van der Waals surface area contributed by atoms with Gasteiger partial charge in [-0.15, -0.1) is 11.3 Å².